The summed E-state index contributed by atoms with van der Waals surface area (Å²) in [6, 6.07) is 18.9. The van der Waals surface area contributed by atoms with Crippen molar-refractivity contribution in [1.82, 2.24) is 0 Å². The number of aliphatic hydroxyl groups is 2. The van der Waals surface area contributed by atoms with E-state index in [-0.39, 0.29) is 0 Å². The van der Waals surface area contributed by atoms with E-state index in [2.05, 4.69) is 0 Å². The first kappa shape index (κ1) is 17.8. The Hall–Kier alpha value is -1.98. The minimum absolute atomic E-state index is 0.455. The third kappa shape index (κ3) is 4.35. The molecule has 4 heteroatoms. The van der Waals surface area contributed by atoms with Crippen LogP contribution in [-0.4, -0.2) is 34.3 Å². The first-order chi connectivity index (χ1) is 12.0. The third-order valence-electron chi connectivity index (χ3n) is 4.24. The number of hydrogen-bond donors (Lipinski definition) is 2. The lowest BCUT2D eigenvalue weighted by Gasteiger charge is -2.25. The number of benzene rings is 2. The Morgan fingerprint density at radius 1 is 0.920 bits per heavy atom. The van der Waals surface area contributed by atoms with Crippen molar-refractivity contribution in [2.45, 2.75) is 44.1 Å². The van der Waals surface area contributed by atoms with E-state index >= 15 is 0 Å². The van der Waals surface area contributed by atoms with Crippen molar-refractivity contribution in [3.63, 3.8) is 0 Å². The van der Waals surface area contributed by atoms with Gasteiger partial charge in [0.2, 0.25) is 0 Å². The number of aliphatic hydroxyl groups excluding tert-OH is 2. The highest BCUT2D eigenvalue weighted by atomic mass is 16.8. The Bertz CT molecular complexity index is 696. The minimum atomic E-state index is -1.10. The zero-order chi connectivity index (χ0) is 17.9. The van der Waals surface area contributed by atoms with Crippen LogP contribution in [0.2, 0.25) is 0 Å². The van der Waals surface area contributed by atoms with E-state index in [1.165, 1.54) is 0 Å². The van der Waals surface area contributed by atoms with Crippen LogP contribution in [-0.2, 0) is 9.47 Å². The Labute approximate surface area is 148 Å². The molecule has 1 heterocycles. The van der Waals surface area contributed by atoms with E-state index in [9.17, 15) is 10.2 Å². The van der Waals surface area contributed by atoms with E-state index in [1.54, 1.807) is 26.0 Å². The number of ether oxygens (including phenoxy) is 2. The van der Waals surface area contributed by atoms with Gasteiger partial charge in [-0.1, -0.05) is 72.8 Å². The van der Waals surface area contributed by atoms with Gasteiger partial charge in [-0.15, -0.1) is 0 Å². The Morgan fingerprint density at radius 3 is 2.16 bits per heavy atom. The molecule has 0 bridgehead atoms. The summed E-state index contributed by atoms with van der Waals surface area (Å²) < 4.78 is 11.8. The zero-order valence-electron chi connectivity index (χ0n) is 14.4. The molecule has 0 radical (unpaired) electrons. The molecule has 1 saturated heterocycles. The predicted octanol–water partition coefficient (Wildman–Crippen LogP) is 3.31. The summed E-state index contributed by atoms with van der Waals surface area (Å²) in [4.78, 5) is 0. The average Bonchev–Trinajstić information content (AvgIpc) is 2.95. The van der Waals surface area contributed by atoms with E-state index in [4.69, 9.17) is 9.47 Å². The highest BCUT2D eigenvalue weighted by Gasteiger charge is 2.45. The van der Waals surface area contributed by atoms with Gasteiger partial charge in [0.05, 0.1) is 0 Å². The van der Waals surface area contributed by atoms with Crippen LogP contribution in [0.25, 0.3) is 6.08 Å². The van der Waals surface area contributed by atoms with Crippen LogP contribution in [0.1, 0.15) is 31.1 Å². The second-order valence-corrected chi connectivity index (χ2v) is 6.68. The maximum absolute atomic E-state index is 10.7. The molecule has 1 fully saturated rings. The summed E-state index contributed by atoms with van der Waals surface area (Å²) in [6.45, 7) is 3.61. The molecule has 2 aromatic carbocycles. The van der Waals surface area contributed by atoms with Crippen LogP contribution in [0.4, 0.5) is 0 Å². The monoisotopic (exact) mass is 340 g/mol. The number of rotatable bonds is 5. The van der Waals surface area contributed by atoms with Gasteiger partial charge < -0.3 is 19.7 Å². The molecule has 4 atom stereocenters. The average molecular weight is 340 g/mol. The Kier molecular flexibility index (Phi) is 5.35. The summed E-state index contributed by atoms with van der Waals surface area (Å²) in [5, 5.41) is 21.2. The molecule has 0 spiro atoms. The van der Waals surface area contributed by atoms with Crippen LogP contribution >= 0.6 is 0 Å². The summed E-state index contributed by atoms with van der Waals surface area (Å²) in [5.74, 6) is -0.826. The molecular weight excluding hydrogens is 316 g/mol. The van der Waals surface area contributed by atoms with Gasteiger partial charge >= 0.3 is 0 Å². The fourth-order valence-corrected chi connectivity index (χ4v) is 3.03. The van der Waals surface area contributed by atoms with Gasteiger partial charge in [0.1, 0.15) is 24.4 Å². The van der Waals surface area contributed by atoms with Gasteiger partial charge in [-0.3, -0.25) is 0 Å². The maximum atomic E-state index is 10.7. The molecule has 3 rings (SSSR count). The third-order valence-corrected chi connectivity index (χ3v) is 4.24. The quantitative estimate of drug-likeness (QED) is 0.877. The molecule has 1 aliphatic rings. The highest BCUT2D eigenvalue weighted by Crippen LogP contribution is 2.34. The van der Waals surface area contributed by atoms with E-state index in [1.807, 2.05) is 60.7 Å². The maximum Gasteiger partial charge on any atom is 0.164 e. The van der Waals surface area contributed by atoms with Gasteiger partial charge in [-0.2, -0.15) is 0 Å². The lowest BCUT2D eigenvalue weighted by molar-refractivity contribution is -0.162. The van der Waals surface area contributed by atoms with E-state index < -0.39 is 30.2 Å². The van der Waals surface area contributed by atoms with Crippen LogP contribution in [0.3, 0.4) is 0 Å². The fourth-order valence-electron chi connectivity index (χ4n) is 3.03. The molecule has 4 nitrogen and oxygen atoms in total. The van der Waals surface area contributed by atoms with Crippen molar-refractivity contribution >= 4 is 6.08 Å². The van der Waals surface area contributed by atoms with E-state index in [0.717, 1.165) is 5.56 Å². The zero-order valence-corrected chi connectivity index (χ0v) is 14.4. The topological polar surface area (TPSA) is 58.9 Å². The highest BCUT2D eigenvalue weighted by molar-refractivity contribution is 5.49. The fraction of sp³-hybridized carbons (Fsp3) is 0.333. The van der Waals surface area contributed by atoms with Crippen molar-refractivity contribution < 1.29 is 19.7 Å². The van der Waals surface area contributed by atoms with Crippen molar-refractivity contribution in [2.24, 2.45) is 0 Å². The van der Waals surface area contributed by atoms with Crippen LogP contribution in [0.5, 0.6) is 0 Å². The van der Waals surface area contributed by atoms with Crippen LogP contribution < -0.4 is 0 Å². The summed E-state index contributed by atoms with van der Waals surface area (Å²) in [5.41, 5.74) is 1.68. The molecule has 132 valence electrons. The van der Waals surface area contributed by atoms with E-state index in [0.29, 0.717) is 5.56 Å². The molecular formula is C21H24O4. The predicted molar refractivity (Wildman–Crippen MR) is 96.7 cm³/mol. The molecule has 0 amide bonds. The summed E-state index contributed by atoms with van der Waals surface area (Å²) in [7, 11) is 0. The van der Waals surface area contributed by atoms with Crippen molar-refractivity contribution in [3.05, 3.63) is 77.9 Å². The van der Waals surface area contributed by atoms with Gasteiger partial charge in [0.15, 0.2) is 5.79 Å². The smallest absolute Gasteiger partial charge is 0.164 e. The lowest BCUT2D eigenvalue weighted by Crippen LogP contribution is -2.38. The van der Waals surface area contributed by atoms with Gasteiger partial charge in [0.25, 0.3) is 0 Å². The van der Waals surface area contributed by atoms with Crippen LogP contribution in [0.15, 0.2) is 66.7 Å². The van der Waals surface area contributed by atoms with Gasteiger partial charge in [-0.05, 0) is 25.0 Å². The Morgan fingerprint density at radius 2 is 1.52 bits per heavy atom. The second-order valence-electron chi connectivity index (χ2n) is 6.68. The standard InChI is InChI=1S/C21H24O4/c1-21(2)24-17(14-13-15-9-5-3-6-10-15)20(25-21)19(23)18(22)16-11-7-4-8-12-16/h3-14,17-20,22-23H,1-2H3/b14-13+/t17-,18?,19-,20-/m0/s1. The molecule has 0 aromatic heterocycles. The summed E-state index contributed by atoms with van der Waals surface area (Å²) >= 11 is 0. The van der Waals surface area contributed by atoms with Crippen molar-refractivity contribution in [1.29, 1.82) is 0 Å². The molecule has 0 saturated carbocycles. The van der Waals surface area contributed by atoms with Gasteiger partial charge in [-0.25, -0.2) is 0 Å². The first-order valence-electron chi connectivity index (χ1n) is 8.46. The molecule has 1 aliphatic heterocycles. The molecule has 0 aliphatic carbocycles. The van der Waals surface area contributed by atoms with Crippen molar-refractivity contribution in [3.8, 4) is 0 Å². The molecule has 2 N–H and O–H groups in total. The summed E-state index contributed by atoms with van der Waals surface area (Å²) in [6.07, 6.45) is 0.541. The lowest BCUT2D eigenvalue weighted by atomic mass is 9.97. The Balaban J connectivity index is 1.78. The van der Waals surface area contributed by atoms with Crippen molar-refractivity contribution in [2.75, 3.05) is 0 Å². The molecule has 2 aromatic rings. The second kappa shape index (κ2) is 7.50. The van der Waals surface area contributed by atoms with Gasteiger partial charge in [0, 0.05) is 0 Å². The molecule has 1 unspecified atom stereocenters. The SMILES string of the molecule is CC1(C)O[C@H]([C@@H](O)C(O)c2ccccc2)[C@H](/C=C/c2ccccc2)O1. The number of hydrogen-bond acceptors (Lipinski definition) is 4. The molecule has 25 heavy (non-hydrogen) atoms. The minimum Gasteiger partial charge on any atom is -0.387 e. The first-order valence-corrected chi connectivity index (χ1v) is 8.46. The normalized spacial score (nSPS) is 25.1. The largest absolute Gasteiger partial charge is 0.387 e. The van der Waals surface area contributed by atoms with Crippen LogP contribution in [0, 0.1) is 0 Å².